The predicted molar refractivity (Wildman–Crippen MR) is 92.3 cm³/mol. The lowest BCUT2D eigenvalue weighted by atomic mass is 10.1. The Morgan fingerprint density at radius 1 is 1.21 bits per heavy atom. The van der Waals surface area contributed by atoms with E-state index in [0.717, 1.165) is 44.3 Å². The van der Waals surface area contributed by atoms with Gasteiger partial charge in [0.15, 0.2) is 6.29 Å². The van der Waals surface area contributed by atoms with Crippen LogP contribution < -0.4 is 0 Å². The van der Waals surface area contributed by atoms with Crippen molar-refractivity contribution in [2.24, 2.45) is 0 Å². The fourth-order valence-corrected chi connectivity index (χ4v) is 3.62. The Labute approximate surface area is 145 Å². The zero-order chi connectivity index (χ0) is 17.4. The Hall–Kier alpha value is -0.950. The molecule has 1 fully saturated rings. The van der Waals surface area contributed by atoms with Crippen LogP contribution in [0.3, 0.4) is 0 Å². The molecule has 0 saturated carbocycles. The van der Waals surface area contributed by atoms with Crippen molar-refractivity contribution in [3.63, 3.8) is 0 Å². The van der Waals surface area contributed by atoms with Crippen LogP contribution in [0, 0.1) is 6.92 Å². The van der Waals surface area contributed by atoms with Crippen LogP contribution in [0.15, 0.2) is 29.2 Å². The first-order valence-electron chi connectivity index (χ1n) is 8.74. The summed E-state index contributed by atoms with van der Waals surface area (Å²) in [5.41, 5.74) is 1.01. The molecule has 0 radical (unpaired) electrons. The molecule has 1 heterocycles. The minimum Gasteiger partial charge on any atom is -0.353 e. The Bertz CT molecular complexity index is 576. The molecule has 0 spiro atoms. The highest BCUT2D eigenvalue weighted by Crippen LogP contribution is 2.20. The van der Waals surface area contributed by atoms with Gasteiger partial charge in [-0.15, -0.1) is 0 Å². The molecule has 1 aliphatic rings. The molecule has 0 aliphatic carbocycles. The standard InChI is InChI=1S/C18H28O5S/c1-3-6-16(23-18-7-4-5-13-21-18)12-14-22-24(19,20)17-10-8-15(2)9-11-17/h8-11,16,18H,3-7,12-14H2,1-2H3/t16-,18?/m0/s1. The minimum absolute atomic E-state index is 0.0358. The molecule has 136 valence electrons. The van der Waals surface area contributed by atoms with Gasteiger partial charge in [-0.25, -0.2) is 0 Å². The Balaban J connectivity index is 1.83. The van der Waals surface area contributed by atoms with Crippen molar-refractivity contribution >= 4 is 10.1 Å². The first-order chi connectivity index (χ1) is 11.5. The highest BCUT2D eigenvalue weighted by atomic mass is 32.2. The van der Waals surface area contributed by atoms with Crippen molar-refractivity contribution in [1.29, 1.82) is 0 Å². The van der Waals surface area contributed by atoms with Gasteiger partial charge in [-0.2, -0.15) is 8.42 Å². The summed E-state index contributed by atoms with van der Waals surface area (Å²) in [6.07, 6.45) is 5.28. The van der Waals surface area contributed by atoms with Gasteiger partial charge in [0.1, 0.15) is 0 Å². The summed E-state index contributed by atoms with van der Waals surface area (Å²) in [7, 11) is -3.71. The van der Waals surface area contributed by atoms with Gasteiger partial charge in [-0.05, 0) is 51.2 Å². The normalized spacial score (nSPS) is 20.0. The fraction of sp³-hybridized carbons (Fsp3) is 0.667. The molecular weight excluding hydrogens is 328 g/mol. The van der Waals surface area contributed by atoms with Gasteiger partial charge in [0.25, 0.3) is 10.1 Å². The molecule has 2 atom stereocenters. The summed E-state index contributed by atoms with van der Waals surface area (Å²) < 4.78 is 41.1. The van der Waals surface area contributed by atoms with E-state index in [1.807, 2.05) is 6.92 Å². The van der Waals surface area contributed by atoms with E-state index >= 15 is 0 Å². The van der Waals surface area contributed by atoms with E-state index in [1.165, 1.54) is 0 Å². The highest BCUT2D eigenvalue weighted by Gasteiger charge is 2.21. The molecule has 6 heteroatoms. The predicted octanol–water partition coefficient (Wildman–Crippen LogP) is 3.80. The largest absolute Gasteiger partial charge is 0.353 e. The number of hydrogen-bond donors (Lipinski definition) is 0. The molecular formula is C18H28O5S. The highest BCUT2D eigenvalue weighted by molar-refractivity contribution is 7.86. The first kappa shape index (κ1) is 19.4. The van der Waals surface area contributed by atoms with Crippen LogP contribution in [0.25, 0.3) is 0 Å². The van der Waals surface area contributed by atoms with Crippen LogP contribution in [0.1, 0.15) is 51.0 Å². The molecule has 1 aliphatic heterocycles. The molecule has 1 unspecified atom stereocenters. The Morgan fingerprint density at radius 3 is 2.58 bits per heavy atom. The lowest BCUT2D eigenvalue weighted by Crippen LogP contribution is -2.29. The van der Waals surface area contributed by atoms with Crippen LogP contribution >= 0.6 is 0 Å². The fourth-order valence-electron chi connectivity index (χ4n) is 2.70. The number of rotatable bonds is 9. The summed E-state index contributed by atoms with van der Waals surface area (Å²) in [4.78, 5) is 0.191. The monoisotopic (exact) mass is 356 g/mol. The number of hydrogen-bond acceptors (Lipinski definition) is 5. The smallest absolute Gasteiger partial charge is 0.296 e. The second kappa shape index (κ2) is 9.51. The molecule has 1 saturated heterocycles. The summed E-state index contributed by atoms with van der Waals surface area (Å²) >= 11 is 0. The third-order valence-electron chi connectivity index (χ3n) is 4.08. The number of aryl methyl sites for hydroxylation is 1. The quantitative estimate of drug-likeness (QED) is 0.630. The molecule has 0 bridgehead atoms. The van der Waals surface area contributed by atoms with Crippen LogP contribution in [0.4, 0.5) is 0 Å². The van der Waals surface area contributed by atoms with Crippen LogP contribution in [-0.4, -0.2) is 34.0 Å². The molecule has 2 rings (SSSR count). The van der Waals surface area contributed by atoms with Gasteiger partial charge >= 0.3 is 0 Å². The molecule has 0 amide bonds. The number of benzene rings is 1. The van der Waals surface area contributed by atoms with E-state index in [0.29, 0.717) is 6.42 Å². The van der Waals surface area contributed by atoms with E-state index in [-0.39, 0.29) is 23.9 Å². The summed E-state index contributed by atoms with van der Waals surface area (Å²) in [6, 6.07) is 6.67. The second-order valence-corrected chi connectivity index (χ2v) is 7.84. The minimum atomic E-state index is -3.71. The van der Waals surface area contributed by atoms with Crippen molar-refractivity contribution in [1.82, 2.24) is 0 Å². The lowest BCUT2D eigenvalue weighted by Gasteiger charge is -2.27. The van der Waals surface area contributed by atoms with Crippen molar-refractivity contribution in [3.05, 3.63) is 29.8 Å². The summed E-state index contributed by atoms with van der Waals surface area (Å²) in [5.74, 6) is 0. The van der Waals surface area contributed by atoms with Gasteiger partial charge in [-0.1, -0.05) is 31.0 Å². The molecule has 1 aromatic rings. The second-order valence-electron chi connectivity index (χ2n) is 6.22. The van der Waals surface area contributed by atoms with Crippen molar-refractivity contribution in [2.75, 3.05) is 13.2 Å². The van der Waals surface area contributed by atoms with E-state index < -0.39 is 10.1 Å². The van der Waals surface area contributed by atoms with Gasteiger partial charge in [0.05, 0.1) is 17.6 Å². The van der Waals surface area contributed by atoms with Crippen molar-refractivity contribution < 1.29 is 22.1 Å². The Kier molecular flexibility index (Phi) is 7.68. The maximum absolute atomic E-state index is 12.2. The number of ether oxygens (including phenoxy) is 2. The summed E-state index contributed by atoms with van der Waals surface area (Å²) in [5, 5.41) is 0. The third-order valence-corrected chi connectivity index (χ3v) is 5.41. The van der Waals surface area contributed by atoms with E-state index in [1.54, 1.807) is 24.3 Å². The van der Waals surface area contributed by atoms with Gasteiger partial charge < -0.3 is 9.47 Å². The topological polar surface area (TPSA) is 61.8 Å². The SMILES string of the molecule is CCC[C@@H](CCOS(=O)(=O)c1ccc(C)cc1)OC1CCCCO1. The van der Waals surface area contributed by atoms with Crippen LogP contribution in [-0.2, 0) is 23.8 Å². The average Bonchev–Trinajstić information content (AvgIpc) is 2.56. The van der Waals surface area contributed by atoms with Gasteiger partial charge in [0.2, 0.25) is 0 Å². The van der Waals surface area contributed by atoms with E-state index in [9.17, 15) is 8.42 Å². The van der Waals surface area contributed by atoms with Gasteiger partial charge in [0, 0.05) is 6.61 Å². The molecule has 1 aromatic carbocycles. The molecule has 24 heavy (non-hydrogen) atoms. The molecule has 5 nitrogen and oxygen atoms in total. The van der Waals surface area contributed by atoms with E-state index in [2.05, 4.69) is 6.92 Å². The van der Waals surface area contributed by atoms with Crippen LogP contribution in [0.5, 0.6) is 0 Å². The third kappa shape index (κ3) is 6.16. The van der Waals surface area contributed by atoms with Gasteiger partial charge in [-0.3, -0.25) is 4.18 Å². The maximum atomic E-state index is 12.2. The van der Waals surface area contributed by atoms with Crippen LogP contribution in [0.2, 0.25) is 0 Å². The maximum Gasteiger partial charge on any atom is 0.296 e. The van der Waals surface area contributed by atoms with E-state index in [4.69, 9.17) is 13.7 Å². The first-order valence-corrected chi connectivity index (χ1v) is 10.2. The zero-order valence-electron chi connectivity index (χ0n) is 14.6. The molecule has 0 N–H and O–H groups in total. The lowest BCUT2D eigenvalue weighted by molar-refractivity contribution is -0.191. The summed E-state index contributed by atoms with van der Waals surface area (Å²) in [6.45, 7) is 4.86. The molecule has 0 aromatic heterocycles. The van der Waals surface area contributed by atoms with Crippen molar-refractivity contribution in [3.8, 4) is 0 Å². The Morgan fingerprint density at radius 2 is 1.96 bits per heavy atom. The average molecular weight is 356 g/mol. The van der Waals surface area contributed by atoms with Crippen molar-refractivity contribution in [2.45, 2.75) is 69.7 Å². The zero-order valence-corrected chi connectivity index (χ0v) is 15.4.